The van der Waals surface area contributed by atoms with E-state index in [1.165, 1.54) is 13.8 Å². The molecule has 8 heteroatoms. The zero-order valence-corrected chi connectivity index (χ0v) is 10.4. The minimum absolute atomic E-state index is 0.00706. The Kier molecular flexibility index (Phi) is 3.86. The van der Waals surface area contributed by atoms with Crippen LogP contribution in [0.2, 0.25) is 0 Å². The zero-order valence-electron chi connectivity index (χ0n) is 10.4. The SMILES string of the molecule is CC(C)([O])c1ccc(C(F)(F)C(F)(F)C(F)(F)F)cc1. The summed E-state index contributed by atoms with van der Waals surface area (Å²) in [6, 6.07) is 2.41. The first-order chi connectivity index (χ1) is 8.71. The van der Waals surface area contributed by atoms with Crippen LogP contribution in [-0.4, -0.2) is 12.1 Å². The third kappa shape index (κ3) is 2.74. The number of hydrogen-bond acceptors (Lipinski definition) is 0. The number of halogens is 7. The molecule has 1 radical (unpaired) electrons. The summed E-state index contributed by atoms with van der Waals surface area (Å²) in [7, 11) is 0. The van der Waals surface area contributed by atoms with E-state index in [9.17, 15) is 35.8 Å². The highest BCUT2D eigenvalue weighted by Crippen LogP contribution is 2.51. The maximum Gasteiger partial charge on any atom is 0.460 e. The fourth-order valence-corrected chi connectivity index (χ4v) is 1.44. The summed E-state index contributed by atoms with van der Waals surface area (Å²) in [5.41, 5.74) is -3.19. The number of alkyl halides is 7. The van der Waals surface area contributed by atoms with Gasteiger partial charge in [-0.3, -0.25) is 0 Å². The van der Waals surface area contributed by atoms with Crippen molar-refractivity contribution in [3.63, 3.8) is 0 Å². The maximum absolute atomic E-state index is 13.3. The number of rotatable bonds is 3. The molecular weight excluding hydrogens is 293 g/mol. The molecule has 1 nitrogen and oxygen atoms in total. The van der Waals surface area contributed by atoms with E-state index in [0.29, 0.717) is 12.1 Å². The van der Waals surface area contributed by atoms with Crippen LogP contribution in [0.4, 0.5) is 30.7 Å². The third-order valence-corrected chi connectivity index (χ3v) is 2.69. The van der Waals surface area contributed by atoms with Crippen molar-refractivity contribution in [2.45, 2.75) is 37.5 Å². The lowest BCUT2D eigenvalue weighted by Crippen LogP contribution is -2.50. The number of hydrogen-bond donors (Lipinski definition) is 0. The highest BCUT2D eigenvalue weighted by Gasteiger charge is 2.73. The Bertz CT molecular complexity index is 468. The van der Waals surface area contributed by atoms with Crippen LogP contribution in [0.25, 0.3) is 0 Å². The van der Waals surface area contributed by atoms with E-state index in [0.717, 1.165) is 12.1 Å². The Morgan fingerprint density at radius 3 is 1.40 bits per heavy atom. The molecule has 0 heterocycles. The van der Waals surface area contributed by atoms with E-state index in [4.69, 9.17) is 0 Å². The maximum atomic E-state index is 13.3. The molecule has 0 aromatic heterocycles. The van der Waals surface area contributed by atoms with Gasteiger partial charge in [0.2, 0.25) is 0 Å². The van der Waals surface area contributed by atoms with Crippen LogP contribution in [0.1, 0.15) is 25.0 Å². The van der Waals surface area contributed by atoms with E-state index in [2.05, 4.69) is 0 Å². The van der Waals surface area contributed by atoms with Crippen molar-refractivity contribution in [1.82, 2.24) is 0 Å². The molecule has 0 unspecified atom stereocenters. The number of benzene rings is 1. The molecule has 0 N–H and O–H groups in total. The molecule has 113 valence electrons. The quantitative estimate of drug-likeness (QED) is 0.725. The highest BCUT2D eigenvalue weighted by atomic mass is 19.4. The lowest BCUT2D eigenvalue weighted by molar-refractivity contribution is -0.359. The van der Waals surface area contributed by atoms with Gasteiger partial charge in [0.05, 0.1) is 0 Å². The standard InChI is InChI=1S/C12H10F7O/c1-9(2,20)7-3-5-8(6-4-7)10(13,14)11(15,16)12(17,18)19/h3-6H,1-2H3. The molecule has 0 atom stereocenters. The van der Waals surface area contributed by atoms with Gasteiger partial charge >= 0.3 is 18.0 Å². The predicted molar refractivity (Wildman–Crippen MR) is 55.1 cm³/mol. The highest BCUT2D eigenvalue weighted by molar-refractivity contribution is 5.30. The van der Waals surface area contributed by atoms with Gasteiger partial charge in [-0.25, -0.2) is 5.11 Å². The van der Waals surface area contributed by atoms with E-state index in [1.54, 1.807) is 0 Å². The van der Waals surface area contributed by atoms with Crippen LogP contribution in [-0.2, 0) is 16.6 Å². The smallest absolute Gasteiger partial charge is 0.225 e. The average molecular weight is 303 g/mol. The van der Waals surface area contributed by atoms with Crippen molar-refractivity contribution in [3.8, 4) is 0 Å². The molecule has 1 aromatic carbocycles. The molecule has 1 aromatic rings. The summed E-state index contributed by atoms with van der Waals surface area (Å²) in [5.74, 6) is -11.6. The van der Waals surface area contributed by atoms with Crippen molar-refractivity contribution in [3.05, 3.63) is 35.4 Å². The molecule has 0 aliphatic carbocycles. The molecule has 0 spiro atoms. The predicted octanol–water partition coefficient (Wildman–Crippen LogP) is 4.64. The van der Waals surface area contributed by atoms with Crippen LogP contribution in [0, 0.1) is 0 Å². The van der Waals surface area contributed by atoms with Gasteiger partial charge in [-0.15, -0.1) is 0 Å². The largest absolute Gasteiger partial charge is 0.460 e. The van der Waals surface area contributed by atoms with Crippen LogP contribution in [0.3, 0.4) is 0 Å². The second-order valence-electron chi connectivity index (χ2n) is 4.73. The fraction of sp³-hybridized carbons (Fsp3) is 0.500. The molecule has 0 aliphatic rings. The second-order valence-corrected chi connectivity index (χ2v) is 4.73. The van der Waals surface area contributed by atoms with Crippen molar-refractivity contribution in [2.75, 3.05) is 0 Å². The molecule has 0 fully saturated rings. The van der Waals surface area contributed by atoms with Crippen molar-refractivity contribution < 1.29 is 35.8 Å². The van der Waals surface area contributed by atoms with Crippen LogP contribution < -0.4 is 0 Å². The van der Waals surface area contributed by atoms with Crippen molar-refractivity contribution >= 4 is 0 Å². The normalized spacial score (nSPS) is 14.5. The van der Waals surface area contributed by atoms with Gasteiger partial charge in [0.1, 0.15) is 5.60 Å². The molecule has 1 rings (SSSR count). The van der Waals surface area contributed by atoms with Gasteiger partial charge in [0, 0.05) is 5.56 Å². The molecule has 0 aliphatic heterocycles. The van der Waals surface area contributed by atoms with E-state index < -0.39 is 29.2 Å². The lowest BCUT2D eigenvalue weighted by Gasteiger charge is -2.28. The minimum atomic E-state index is -6.38. The molecule has 0 saturated heterocycles. The Balaban J connectivity index is 3.24. The van der Waals surface area contributed by atoms with E-state index >= 15 is 0 Å². The summed E-state index contributed by atoms with van der Waals surface area (Å²) < 4.78 is 88.2. The summed E-state index contributed by atoms with van der Waals surface area (Å²) in [6.45, 7) is 2.40. The fourth-order valence-electron chi connectivity index (χ4n) is 1.44. The van der Waals surface area contributed by atoms with Crippen molar-refractivity contribution in [1.29, 1.82) is 0 Å². The first-order valence-corrected chi connectivity index (χ1v) is 5.35. The van der Waals surface area contributed by atoms with Gasteiger partial charge in [0.25, 0.3) is 0 Å². The van der Waals surface area contributed by atoms with Gasteiger partial charge in [-0.05, 0) is 19.4 Å². The Morgan fingerprint density at radius 1 is 0.750 bits per heavy atom. The van der Waals surface area contributed by atoms with Crippen molar-refractivity contribution in [2.24, 2.45) is 0 Å². The Hall–Kier alpha value is -1.31. The molecule has 20 heavy (non-hydrogen) atoms. The molecular formula is C12H10F7O. The Labute approximate surface area is 110 Å². The average Bonchev–Trinajstić information content (AvgIpc) is 2.26. The zero-order chi connectivity index (χ0) is 16.0. The summed E-state index contributed by atoms with van der Waals surface area (Å²) in [6.07, 6.45) is -6.38. The topological polar surface area (TPSA) is 19.9 Å². The Morgan fingerprint density at radius 2 is 1.10 bits per heavy atom. The summed E-state index contributed by atoms with van der Waals surface area (Å²) in [5, 5.41) is 11.5. The van der Waals surface area contributed by atoms with Crippen LogP contribution in [0.5, 0.6) is 0 Å². The first kappa shape index (κ1) is 16.7. The van der Waals surface area contributed by atoms with Gasteiger partial charge in [-0.2, -0.15) is 30.7 Å². The molecule has 0 bridgehead atoms. The van der Waals surface area contributed by atoms with Gasteiger partial charge < -0.3 is 0 Å². The lowest BCUT2D eigenvalue weighted by atomic mass is 9.94. The van der Waals surface area contributed by atoms with E-state index in [-0.39, 0.29) is 5.56 Å². The monoisotopic (exact) mass is 303 g/mol. The van der Waals surface area contributed by atoms with Gasteiger partial charge in [0.15, 0.2) is 0 Å². The molecule has 0 amide bonds. The van der Waals surface area contributed by atoms with Gasteiger partial charge in [-0.1, -0.05) is 24.3 Å². The summed E-state index contributed by atoms with van der Waals surface area (Å²) in [4.78, 5) is 0. The second kappa shape index (κ2) is 4.61. The van der Waals surface area contributed by atoms with Crippen LogP contribution in [0.15, 0.2) is 24.3 Å². The first-order valence-electron chi connectivity index (χ1n) is 5.35. The third-order valence-electron chi connectivity index (χ3n) is 2.69. The molecule has 0 saturated carbocycles. The van der Waals surface area contributed by atoms with E-state index in [1.807, 2.05) is 0 Å². The summed E-state index contributed by atoms with van der Waals surface area (Å²) >= 11 is 0. The minimum Gasteiger partial charge on any atom is -0.225 e. The van der Waals surface area contributed by atoms with Crippen LogP contribution >= 0.6 is 0 Å².